The molecular weight excluding hydrogens is 398 g/mol. The molecule has 172 valence electrons. The minimum absolute atomic E-state index is 0.0272. The summed E-state index contributed by atoms with van der Waals surface area (Å²) in [6.45, 7) is 4.92. The van der Waals surface area contributed by atoms with E-state index in [2.05, 4.69) is 5.32 Å². The first-order valence-electron chi connectivity index (χ1n) is 11.4. The van der Waals surface area contributed by atoms with E-state index in [1.807, 2.05) is 30.0 Å². The number of aliphatic hydroxyl groups excluding tert-OH is 1. The number of aliphatic hydroxyl groups is 1. The number of rotatable bonds is 5. The Hall–Kier alpha value is -2.32. The normalized spacial score (nSPS) is 21.2. The average Bonchev–Trinajstić information content (AvgIpc) is 3.23. The molecule has 1 aromatic rings. The second kappa shape index (κ2) is 11.9. The maximum atomic E-state index is 13.0. The molecule has 3 rings (SSSR count). The van der Waals surface area contributed by atoms with Crippen molar-refractivity contribution in [2.45, 2.75) is 51.6 Å². The van der Waals surface area contributed by atoms with Crippen molar-refractivity contribution >= 4 is 11.8 Å². The zero-order valence-electron chi connectivity index (χ0n) is 18.5. The SMILES string of the molecule is CCOc1cccc2c1OCCCCCNC(=O)CN(CC(=O)N1CCCC1CO)C2. The van der Waals surface area contributed by atoms with Crippen LogP contribution in [-0.4, -0.2) is 78.8 Å². The molecule has 8 nitrogen and oxygen atoms in total. The predicted octanol–water partition coefficient (Wildman–Crippen LogP) is 1.55. The predicted molar refractivity (Wildman–Crippen MR) is 117 cm³/mol. The number of amides is 2. The molecule has 8 heteroatoms. The van der Waals surface area contributed by atoms with Crippen LogP contribution in [0.3, 0.4) is 0 Å². The molecule has 1 atom stereocenters. The van der Waals surface area contributed by atoms with Crippen molar-refractivity contribution < 1.29 is 24.2 Å². The molecule has 1 aromatic carbocycles. The summed E-state index contributed by atoms with van der Waals surface area (Å²) in [6, 6.07) is 5.63. The highest BCUT2D eigenvalue weighted by atomic mass is 16.5. The van der Waals surface area contributed by atoms with Crippen LogP contribution >= 0.6 is 0 Å². The van der Waals surface area contributed by atoms with E-state index in [-0.39, 0.29) is 37.6 Å². The number of ether oxygens (including phenoxy) is 2. The van der Waals surface area contributed by atoms with Crippen molar-refractivity contribution in [2.24, 2.45) is 0 Å². The Bertz CT molecular complexity index is 742. The number of hydrogen-bond donors (Lipinski definition) is 2. The quantitative estimate of drug-likeness (QED) is 0.732. The first-order valence-corrected chi connectivity index (χ1v) is 11.4. The Labute approximate surface area is 184 Å². The fourth-order valence-corrected chi connectivity index (χ4v) is 4.23. The molecule has 0 bridgehead atoms. The smallest absolute Gasteiger partial charge is 0.237 e. The van der Waals surface area contributed by atoms with Crippen LogP contribution in [0.1, 0.15) is 44.6 Å². The van der Waals surface area contributed by atoms with E-state index >= 15 is 0 Å². The molecule has 2 heterocycles. The molecule has 2 amide bonds. The van der Waals surface area contributed by atoms with Crippen LogP contribution in [0.2, 0.25) is 0 Å². The van der Waals surface area contributed by atoms with Crippen molar-refractivity contribution in [1.29, 1.82) is 0 Å². The summed E-state index contributed by atoms with van der Waals surface area (Å²) in [5.41, 5.74) is 0.894. The summed E-state index contributed by atoms with van der Waals surface area (Å²) < 4.78 is 11.9. The number of para-hydroxylation sites is 1. The van der Waals surface area contributed by atoms with Crippen LogP contribution < -0.4 is 14.8 Å². The third-order valence-electron chi connectivity index (χ3n) is 5.78. The zero-order valence-corrected chi connectivity index (χ0v) is 18.5. The number of carbonyl (C=O) groups excluding carboxylic acids is 2. The summed E-state index contributed by atoms with van der Waals surface area (Å²) in [5.74, 6) is 1.23. The lowest BCUT2D eigenvalue weighted by Gasteiger charge is -2.28. The zero-order chi connectivity index (χ0) is 22.1. The Morgan fingerprint density at radius 3 is 2.94 bits per heavy atom. The monoisotopic (exact) mass is 433 g/mol. The van der Waals surface area contributed by atoms with Gasteiger partial charge in [0.05, 0.1) is 39.0 Å². The van der Waals surface area contributed by atoms with Gasteiger partial charge in [-0.15, -0.1) is 0 Å². The third kappa shape index (κ3) is 6.58. The molecule has 31 heavy (non-hydrogen) atoms. The lowest BCUT2D eigenvalue weighted by Crippen LogP contribution is -2.46. The number of benzene rings is 1. The summed E-state index contributed by atoms with van der Waals surface area (Å²) in [5, 5.41) is 12.5. The number of carbonyl (C=O) groups is 2. The molecule has 1 unspecified atom stereocenters. The van der Waals surface area contributed by atoms with Gasteiger partial charge in [-0.2, -0.15) is 0 Å². The minimum atomic E-state index is -0.127. The fraction of sp³-hybridized carbons (Fsp3) is 0.652. The molecule has 0 saturated carbocycles. The molecule has 1 saturated heterocycles. The molecule has 0 aliphatic carbocycles. The van der Waals surface area contributed by atoms with Gasteiger partial charge >= 0.3 is 0 Å². The minimum Gasteiger partial charge on any atom is -0.490 e. The van der Waals surface area contributed by atoms with Gasteiger partial charge in [0.2, 0.25) is 11.8 Å². The maximum Gasteiger partial charge on any atom is 0.237 e. The fourth-order valence-electron chi connectivity index (χ4n) is 4.23. The third-order valence-corrected chi connectivity index (χ3v) is 5.78. The molecule has 0 spiro atoms. The van der Waals surface area contributed by atoms with Crippen LogP contribution in [0, 0.1) is 0 Å². The first-order chi connectivity index (χ1) is 15.1. The number of nitrogens with zero attached hydrogens (tertiary/aromatic N) is 2. The largest absolute Gasteiger partial charge is 0.490 e. The van der Waals surface area contributed by atoms with Gasteiger partial charge in [-0.25, -0.2) is 0 Å². The highest BCUT2D eigenvalue weighted by molar-refractivity contribution is 5.81. The Balaban J connectivity index is 1.82. The number of likely N-dealkylation sites (tertiary alicyclic amines) is 1. The summed E-state index contributed by atoms with van der Waals surface area (Å²) in [7, 11) is 0. The van der Waals surface area contributed by atoms with Crippen LogP contribution in [-0.2, 0) is 16.1 Å². The maximum absolute atomic E-state index is 13.0. The average molecular weight is 434 g/mol. The van der Waals surface area contributed by atoms with Crippen LogP contribution in [0.4, 0.5) is 0 Å². The molecule has 2 aliphatic heterocycles. The van der Waals surface area contributed by atoms with E-state index in [1.54, 1.807) is 4.90 Å². The van der Waals surface area contributed by atoms with Gasteiger partial charge in [0, 0.05) is 25.2 Å². The van der Waals surface area contributed by atoms with Crippen molar-refractivity contribution in [3.8, 4) is 11.5 Å². The summed E-state index contributed by atoms with van der Waals surface area (Å²) in [4.78, 5) is 29.1. The Morgan fingerprint density at radius 2 is 2.13 bits per heavy atom. The van der Waals surface area contributed by atoms with Gasteiger partial charge in [0.15, 0.2) is 11.5 Å². The molecule has 0 radical (unpaired) electrons. The molecular formula is C23H35N3O5. The highest BCUT2D eigenvalue weighted by Gasteiger charge is 2.29. The second-order valence-electron chi connectivity index (χ2n) is 8.15. The number of hydrogen-bond acceptors (Lipinski definition) is 6. The van der Waals surface area contributed by atoms with E-state index in [0.29, 0.717) is 44.3 Å². The van der Waals surface area contributed by atoms with E-state index in [0.717, 1.165) is 37.7 Å². The van der Waals surface area contributed by atoms with Crippen LogP contribution in [0.5, 0.6) is 11.5 Å². The second-order valence-corrected chi connectivity index (χ2v) is 8.15. The molecule has 1 fully saturated rings. The van der Waals surface area contributed by atoms with Gasteiger partial charge in [-0.1, -0.05) is 12.1 Å². The van der Waals surface area contributed by atoms with Gasteiger partial charge in [0.1, 0.15) is 0 Å². The topological polar surface area (TPSA) is 91.3 Å². The van der Waals surface area contributed by atoms with Gasteiger partial charge in [-0.3, -0.25) is 14.5 Å². The molecule has 2 aliphatic rings. The van der Waals surface area contributed by atoms with E-state index < -0.39 is 0 Å². The van der Waals surface area contributed by atoms with Crippen LogP contribution in [0.25, 0.3) is 0 Å². The highest BCUT2D eigenvalue weighted by Crippen LogP contribution is 2.33. The van der Waals surface area contributed by atoms with Gasteiger partial charge in [-0.05, 0) is 45.1 Å². The summed E-state index contributed by atoms with van der Waals surface area (Å²) >= 11 is 0. The number of nitrogens with one attached hydrogen (secondary N) is 1. The van der Waals surface area contributed by atoms with E-state index in [4.69, 9.17) is 9.47 Å². The molecule has 0 aromatic heterocycles. The Kier molecular flexibility index (Phi) is 8.97. The van der Waals surface area contributed by atoms with Crippen molar-refractivity contribution in [1.82, 2.24) is 15.1 Å². The van der Waals surface area contributed by atoms with Crippen molar-refractivity contribution in [3.63, 3.8) is 0 Å². The Morgan fingerprint density at radius 1 is 1.26 bits per heavy atom. The standard InChI is InChI=1S/C23H35N3O5/c1-2-30-20-10-6-8-18-14-25(16-22(29)26-12-7-9-19(26)17-27)15-21(28)24-11-4-3-5-13-31-23(18)20/h6,8,10,19,27H,2-5,7,9,11-17H2,1H3,(H,24,28). The summed E-state index contributed by atoms with van der Waals surface area (Å²) in [6.07, 6.45) is 4.46. The van der Waals surface area contributed by atoms with Crippen LogP contribution in [0.15, 0.2) is 18.2 Å². The van der Waals surface area contributed by atoms with Gasteiger partial charge < -0.3 is 24.8 Å². The van der Waals surface area contributed by atoms with Crippen molar-refractivity contribution in [3.05, 3.63) is 23.8 Å². The van der Waals surface area contributed by atoms with E-state index in [9.17, 15) is 14.7 Å². The van der Waals surface area contributed by atoms with Crippen molar-refractivity contribution in [2.75, 3.05) is 46.0 Å². The first kappa shape index (κ1) is 23.3. The van der Waals surface area contributed by atoms with Gasteiger partial charge in [0.25, 0.3) is 0 Å². The lowest BCUT2D eigenvalue weighted by atomic mass is 10.1. The molecule has 2 N–H and O–H groups in total. The van der Waals surface area contributed by atoms with E-state index in [1.165, 1.54) is 0 Å². The number of fused-ring (bicyclic) bond motifs is 1. The lowest BCUT2D eigenvalue weighted by molar-refractivity contribution is -0.134.